The van der Waals surface area contributed by atoms with Crippen LogP contribution in [0.25, 0.3) is 0 Å². The van der Waals surface area contributed by atoms with Gasteiger partial charge in [-0.2, -0.15) is 5.26 Å². The Kier molecular flexibility index (Phi) is 9.72. The summed E-state index contributed by atoms with van der Waals surface area (Å²) in [5, 5.41) is 20.6. The third-order valence-electron chi connectivity index (χ3n) is 11.9. The fourth-order valence-corrected chi connectivity index (χ4v) is 8.07. The molecule has 0 aromatic heterocycles. The Labute approximate surface area is 239 Å². The zero-order chi connectivity index (χ0) is 30.2. The van der Waals surface area contributed by atoms with Gasteiger partial charge in [-0.25, -0.2) is 0 Å². The molecule has 0 unspecified atom stereocenters. The monoisotopic (exact) mass is 543 g/mol. The topological polar surface area (TPSA) is 87.4 Å². The molecule has 1 fully saturated rings. The number of rotatable bonds is 11. The van der Waals surface area contributed by atoms with Crippen LogP contribution in [0, 0.1) is 55.7 Å². The van der Waals surface area contributed by atoms with E-state index in [1.54, 1.807) is 0 Å². The second kappa shape index (κ2) is 11.3. The average molecular weight is 544 g/mol. The zero-order valence-corrected chi connectivity index (χ0v) is 27.1. The highest BCUT2D eigenvalue weighted by Crippen LogP contribution is 2.68. The summed E-state index contributed by atoms with van der Waals surface area (Å²) < 4.78 is 5.33. The van der Waals surface area contributed by atoms with Crippen LogP contribution in [0.3, 0.4) is 0 Å². The summed E-state index contributed by atoms with van der Waals surface area (Å²) in [6, 6.07) is 2.20. The number of carbonyl (C=O) groups is 2. The molecule has 5 nitrogen and oxygen atoms in total. The van der Waals surface area contributed by atoms with Crippen molar-refractivity contribution in [2.75, 3.05) is 7.11 Å². The van der Waals surface area contributed by atoms with Crippen LogP contribution in [0.5, 0.6) is 0 Å². The van der Waals surface area contributed by atoms with E-state index in [4.69, 9.17) is 4.74 Å². The van der Waals surface area contributed by atoms with E-state index >= 15 is 0 Å². The number of aliphatic hydroxyl groups is 1. The lowest BCUT2D eigenvalue weighted by Crippen LogP contribution is -2.60. The van der Waals surface area contributed by atoms with Crippen LogP contribution in [0.1, 0.15) is 128 Å². The van der Waals surface area contributed by atoms with Crippen LogP contribution in [0.15, 0.2) is 11.6 Å². The molecule has 39 heavy (non-hydrogen) atoms. The van der Waals surface area contributed by atoms with Crippen molar-refractivity contribution in [2.45, 2.75) is 134 Å². The SMILES string of the molecule is CCC(C)(C)CC[C@@](C)(CCC(C)(C)[C@]1(C)CC[C@H]2C(C)(C)C(=O)C(C#N)=C[C@]2(C)[C@H]1C[C@@H](C)O)C(=O)OC. The molecule has 222 valence electrons. The van der Waals surface area contributed by atoms with Gasteiger partial charge in [-0.15, -0.1) is 0 Å². The normalized spacial score (nSPS) is 31.4. The lowest BCUT2D eigenvalue weighted by atomic mass is 9.39. The van der Waals surface area contributed by atoms with Crippen molar-refractivity contribution < 1.29 is 19.4 Å². The lowest BCUT2D eigenvalue weighted by molar-refractivity contribution is -0.160. The van der Waals surface area contributed by atoms with Crippen molar-refractivity contribution in [1.29, 1.82) is 5.26 Å². The average Bonchev–Trinajstić information content (AvgIpc) is 2.85. The van der Waals surface area contributed by atoms with Gasteiger partial charge in [0.1, 0.15) is 6.07 Å². The molecule has 0 bridgehead atoms. The Hall–Kier alpha value is -1.67. The summed E-state index contributed by atoms with van der Waals surface area (Å²) in [6.45, 7) is 23.8. The van der Waals surface area contributed by atoms with Gasteiger partial charge in [-0.05, 0) is 92.3 Å². The van der Waals surface area contributed by atoms with E-state index in [2.05, 4.69) is 61.5 Å². The maximum absolute atomic E-state index is 13.2. The first-order chi connectivity index (χ1) is 17.7. The summed E-state index contributed by atoms with van der Waals surface area (Å²) in [5.41, 5.74) is -1.52. The molecule has 1 saturated carbocycles. The highest BCUT2D eigenvalue weighted by molar-refractivity contribution is 6.04. The first-order valence-corrected chi connectivity index (χ1v) is 15.1. The summed E-state index contributed by atoms with van der Waals surface area (Å²) in [6.07, 6.45) is 8.26. The van der Waals surface area contributed by atoms with Gasteiger partial charge in [0.2, 0.25) is 0 Å². The molecule has 5 heteroatoms. The lowest BCUT2D eigenvalue weighted by Gasteiger charge is -2.64. The number of ketones is 1. The van der Waals surface area contributed by atoms with Crippen molar-refractivity contribution in [2.24, 2.45) is 44.3 Å². The van der Waals surface area contributed by atoms with Gasteiger partial charge in [0, 0.05) is 5.41 Å². The number of nitrogens with zero attached hydrogens (tertiary/aromatic N) is 1. The van der Waals surface area contributed by atoms with E-state index in [1.807, 2.05) is 26.8 Å². The number of hydrogen-bond acceptors (Lipinski definition) is 5. The van der Waals surface area contributed by atoms with E-state index in [1.165, 1.54) is 7.11 Å². The summed E-state index contributed by atoms with van der Waals surface area (Å²) in [7, 11) is 1.49. The van der Waals surface area contributed by atoms with E-state index in [-0.39, 0.29) is 45.4 Å². The molecule has 2 rings (SSSR count). The maximum atomic E-state index is 13.2. The van der Waals surface area contributed by atoms with Gasteiger partial charge >= 0.3 is 5.97 Å². The Balaban J connectivity index is 2.52. The minimum Gasteiger partial charge on any atom is -0.469 e. The Morgan fingerprint density at radius 3 is 2.18 bits per heavy atom. The molecule has 0 amide bonds. The van der Waals surface area contributed by atoms with E-state index < -0.39 is 22.3 Å². The Morgan fingerprint density at radius 1 is 1.13 bits per heavy atom. The molecule has 0 heterocycles. The van der Waals surface area contributed by atoms with Crippen LogP contribution in [-0.4, -0.2) is 30.1 Å². The number of ether oxygens (including phenoxy) is 1. The highest BCUT2D eigenvalue weighted by Gasteiger charge is 2.63. The molecular weight excluding hydrogens is 486 g/mol. The number of aliphatic hydroxyl groups excluding tert-OH is 1. The Morgan fingerprint density at radius 2 is 1.69 bits per heavy atom. The molecule has 0 radical (unpaired) electrons. The fraction of sp³-hybridized carbons (Fsp3) is 0.853. The molecule has 6 atom stereocenters. The van der Waals surface area contributed by atoms with Crippen LogP contribution < -0.4 is 0 Å². The first kappa shape index (κ1) is 33.5. The molecular formula is C34H57NO4. The third-order valence-corrected chi connectivity index (χ3v) is 11.9. The van der Waals surface area contributed by atoms with Gasteiger partial charge in [-0.3, -0.25) is 9.59 Å². The van der Waals surface area contributed by atoms with Gasteiger partial charge in [-0.1, -0.05) is 74.8 Å². The number of Topliss-reactive ketones (excluding diaryl/α,β-unsaturated/α-hetero) is 1. The summed E-state index contributed by atoms with van der Waals surface area (Å²) in [4.78, 5) is 26.3. The smallest absolute Gasteiger partial charge is 0.311 e. The number of carbonyl (C=O) groups excluding carboxylic acids is 2. The predicted octanol–water partition coefficient (Wildman–Crippen LogP) is 8.06. The number of hydrogen-bond donors (Lipinski definition) is 1. The zero-order valence-electron chi connectivity index (χ0n) is 27.1. The van der Waals surface area contributed by atoms with Gasteiger partial charge < -0.3 is 9.84 Å². The van der Waals surface area contributed by atoms with Crippen molar-refractivity contribution in [1.82, 2.24) is 0 Å². The van der Waals surface area contributed by atoms with Crippen LogP contribution in [0.4, 0.5) is 0 Å². The first-order valence-electron chi connectivity index (χ1n) is 15.1. The van der Waals surface area contributed by atoms with Crippen molar-refractivity contribution in [3.63, 3.8) is 0 Å². The Bertz CT molecular complexity index is 999. The fourth-order valence-electron chi connectivity index (χ4n) is 8.07. The van der Waals surface area contributed by atoms with Crippen molar-refractivity contribution in [3.8, 4) is 6.07 Å². The molecule has 2 aliphatic carbocycles. The van der Waals surface area contributed by atoms with E-state index in [0.29, 0.717) is 6.42 Å². The molecule has 1 N–H and O–H groups in total. The summed E-state index contributed by atoms with van der Waals surface area (Å²) >= 11 is 0. The number of allylic oxidation sites excluding steroid dienone is 2. The molecule has 0 aromatic carbocycles. The van der Waals surface area contributed by atoms with Gasteiger partial charge in [0.05, 0.1) is 24.2 Å². The molecule has 0 saturated heterocycles. The summed E-state index contributed by atoms with van der Waals surface area (Å²) in [5.74, 6) is -0.0348. The number of methoxy groups -OCH3 is 1. The van der Waals surface area contributed by atoms with Gasteiger partial charge in [0.15, 0.2) is 5.78 Å². The van der Waals surface area contributed by atoms with Crippen molar-refractivity contribution >= 4 is 11.8 Å². The quantitative estimate of drug-likeness (QED) is 0.266. The van der Waals surface area contributed by atoms with E-state index in [9.17, 15) is 20.0 Å². The minimum atomic E-state index is -0.632. The van der Waals surface area contributed by atoms with Crippen molar-refractivity contribution in [3.05, 3.63) is 11.6 Å². The number of esters is 1. The maximum Gasteiger partial charge on any atom is 0.311 e. The third kappa shape index (κ3) is 6.17. The van der Waals surface area contributed by atoms with Crippen LogP contribution in [-0.2, 0) is 14.3 Å². The number of fused-ring (bicyclic) bond motifs is 1. The van der Waals surface area contributed by atoms with E-state index in [0.717, 1.165) is 44.9 Å². The number of nitriles is 1. The second-order valence-corrected chi connectivity index (χ2v) is 15.7. The minimum absolute atomic E-state index is 0.0602. The molecule has 0 spiro atoms. The van der Waals surface area contributed by atoms with Crippen LogP contribution >= 0.6 is 0 Å². The predicted molar refractivity (Wildman–Crippen MR) is 158 cm³/mol. The van der Waals surface area contributed by atoms with Gasteiger partial charge in [0.25, 0.3) is 0 Å². The molecule has 0 aliphatic heterocycles. The van der Waals surface area contributed by atoms with Crippen LogP contribution in [0.2, 0.25) is 0 Å². The standard InChI is InChI=1S/C34H57NO4/c1-13-29(3,4)16-18-32(9,28(38)39-12)19-17-30(5,6)34(11)15-14-25-31(7,8)27(37)24(22-35)21-33(25,10)26(34)20-23(2)36/h21,23,25-26,36H,13-20H2,1-12H3/t23-,25+,26-,32+,33+,34-/m1/s1. The molecule has 2 aliphatic rings. The second-order valence-electron chi connectivity index (χ2n) is 15.7. The molecule has 0 aromatic rings. The highest BCUT2D eigenvalue weighted by atomic mass is 16.5. The largest absolute Gasteiger partial charge is 0.469 e.